The molecule has 0 radical (unpaired) electrons. The molecule has 19 heavy (non-hydrogen) atoms. The molecule has 1 amide bonds. The zero-order chi connectivity index (χ0) is 13.7. The van der Waals surface area contributed by atoms with Crippen molar-refractivity contribution in [3.63, 3.8) is 0 Å². The summed E-state index contributed by atoms with van der Waals surface area (Å²) in [5, 5.41) is 3.46. The predicted molar refractivity (Wildman–Crippen MR) is 79.0 cm³/mol. The zero-order valence-corrected chi connectivity index (χ0v) is 12.7. The summed E-state index contributed by atoms with van der Waals surface area (Å²) in [5.41, 5.74) is 0. The van der Waals surface area contributed by atoms with Gasteiger partial charge in [0.15, 0.2) is 0 Å². The second-order valence-corrected chi connectivity index (χ2v) is 6.51. The van der Waals surface area contributed by atoms with E-state index in [9.17, 15) is 4.79 Å². The number of nitrogens with one attached hydrogen (secondary N) is 1. The maximum absolute atomic E-state index is 12.7. The monoisotopic (exact) mass is 266 g/mol. The molecular formula is C16H30N2O. The van der Waals surface area contributed by atoms with Crippen molar-refractivity contribution in [3.05, 3.63) is 0 Å². The third-order valence-electron chi connectivity index (χ3n) is 4.86. The molecule has 3 unspecified atom stereocenters. The second-order valence-electron chi connectivity index (χ2n) is 6.51. The first-order valence-electron chi connectivity index (χ1n) is 8.22. The lowest BCUT2D eigenvalue weighted by Gasteiger charge is -2.32. The van der Waals surface area contributed by atoms with Crippen LogP contribution in [-0.4, -0.2) is 37.0 Å². The van der Waals surface area contributed by atoms with Crippen LogP contribution in [0.25, 0.3) is 0 Å². The minimum atomic E-state index is 0.308. The highest BCUT2D eigenvalue weighted by Crippen LogP contribution is 2.33. The van der Waals surface area contributed by atoms with E-state index in [4.69, 9.17) is 0 Å². The molecule has 0 spiro atoms. The quantitative estimate of drug-likeness (QED) is 0.829. The molecule has 1 aliphatic heterocycles. The van der Waals surface area contributed by atoms with Gasteiger partial charge in [-0.05, 0) is 57.0 Å². The fourth-order valence-electron chi connectivity index (χ4n) is 3.70. The Kier molecular flexibility index (Phi) is 5.68. The first-order chi connectivity index (χ1) is 9.22. The molecule has 2 aliphatic rings. The van der Waals surface area contributed by atoms with Crippen LogP contribution in [0.4, 0.5) is 0 Å². The van der Waals surface area contributed by atoms with E-state index in [1.165, 1.54) is 25.7 Å². The van der Waals surface area contributed by atoms with Gasteiger partial charge in [-0.1, -0.05) is 20.3 Å². The van der Waals surface area contributed by atoms with E-state index in [0.29, 0.717) is 23.7 Å². The summed E-state index contributed by atoms with van der Waals surface area (Å²) in [7, 11) is 0. The number of carbonyl (C=O) groups is 1. The Bertz CT molecular complexity index is 286. The van der Waals surface area contributed by atoms with Crippen molar-refractivity contribution in [1.29, 1.82) is 0 Å². The van der Waals surface area contributed by atoms with E-state index >= 15 is 0 Å². The molecule has 0 aromatic rings. The molecule has 3 nitrogen and oxygen atoms in total. The first-order valence-corrected chi connectivity index (χ1v) is 8.22. The van der Waals surface area contributed by atoms with E-state index < -0.39 is 0 Å². The Balaban J connectivity index is 1.91. The van der Waals surface area contributed by atoms with E-state index in [2.05, 4.69) is 24.1 Å². The van der Waals surface area contributed by atoms with Gasteiger partial charge in [0, 0.05) is 19.0 Å². The van der Waals surface area contributed by atoms with Crippen LogP contribution in [0.15, 0.2) is 0 Å². The van der Waals surface area contributed by atoms with Crippen molar-refractivity contribution in [2.45, 2.75) is 52.4 Å². The largest absolute Gasteiger partial charge is 0.342 e. The van der Waals surface area contributed by atoms with Crippen LogP contribution >= 0.6 is 0 Å². The van der Waals surface area contributed by atoms with Crippen molar-refractivity contribution in [1.82, 2.24) is 10.2 Å². The highest BCUT2D eigenvalue weighted by atomic mass is 16.2. The lowest BCUT2D eigenvalue weighted by atomic mass is 9.94. The van der Waals surface area contributed by atoms with Crippen LogP contribution in [0.3, 0.4) is 0 Å². The van der Waals surface area contributed by atoms with Gasteiger partial charge in [0.25, 0.3) is 0 Å². The number of rotatable bonds is 5. The van der Waals surface area contributed by atoms with Crippen molar-refractivity contribution < 1.29 is 4.79 Å². The average Bonchev–Trinajstić information content (AvgIpc) is 2.85. The molecule has 0 bridgehead atoms. The summed E-state index contributed by atoms with van der Waals surface area (Å²) in [6.07, 6.45) is 7.21. The average molecular weight is 266 g/mol. The van der Waals surface area contributed by atoms with E-state index in [0.717, 1.165) is 39.0 Å². The van der Waals surface area contributed by atoms with Gasteiger partial charge in [0.05, 0.1) is 0 Å². The van der Waals surface area contributed by atoms with Crippen molar-refractivity contribution in [3.8, 4) is 0 Å². The van der Waals surface area contributed by atoms with E-state index in [-0.39, 0.29) is 0 Å². The lowest BCUT2D eigenvalue weighted by molar-refractivity contribution is -0.137. The van der Waals surface area contributed by atoms with Gasteiger partial charge in [-0.25, -0.2) is 0 Å². The molecule has 3 atom stereocenters. The Morgan fingerprint density at radius 3 is 2.68 bits per heavy atom. The molecule has 2 fully saturated rings. The van der Waals surface area contributed by atoms with Crippen LogP contribution in [0.2, 0.25) is 0 Å². The molecule has 3 heteroatoms. The van der Waals surface area contributed by atoms with Gasteiger partial charge in [-0.3, -0.25) is 4.79 Å². The van der Waals surface area contributed by atoms with Crippen molar-refractivity contribution >= 4 is 5.91 Å². The second kappa shape index (κ2) is 7.28. The van der Waals surface area contributed by atoms with Crippen LogP contribution in [-0.2, 0) is 4.79 Å². The molecule has 110 valence electrons. The highest BCUT2D eigenvalue weighted by molar-refractivity contribution is 5.79. The van der Waals surface area contributed by atoms with Crippen LogP contribution in [0.5, 0.6) is 0 Å². The van der Waals surface area contributed by atoms with Crippen LogP contribution < -0.4 is 5.32 Å². The first kappa shape index (κ1) is 14.8. The summed E-state index contributed by atoms with van der Waals surface area (Å²) in [4.78, 5) is 14.9. The van der Waals surface area contributed by atoms with Gasteiger partial charge < -0.3 is 10.2 Å². The summed E-state index contributed by atoms with van der Waals surface area (Å²) in [5.74, 6) is 2.01. The fourth-order valence-corrected chi connectivity index (χ4v) is 3.70. The topological polar surface area (TPSA) is 32.3 Å². The molecule has 2 rings (SSSR count). The summed E-state index contributed by atoms with van der Waals surface area (Å²) in [6.45, 7) is 8.59. The molecular weight excluding hydrogens is 236 g/mol. The van der Waals surface area contributed by atoms with Crippen LogP contribution in [0, 0.1) is 17.8 Å². The van der Waals surface area contributed by atoms with Gasteiger partial charge in [0.2, 0.25) is 5.91 Å². The predicted octanol–water partition coefficient (Wildman–Crippen LogP) is 2.66. The molecule has 1 saturated carbocycles. The SMILES string of the molecule is CCCN(CC1CCCNC1)C(=O)C1CCCC1C. The number of piperidine rings is 1. The Morgan fingerprint density at radius 1 is 1.26 bits per heavy atom. The number of amides is 1. The van der Waals surface area contributed by atoms with Gasteiger partial charge in [-0.2, -0.15) is 0 Å². The van der Waals surface area contributed by atoms with Crippen molar-refractivity contribution in [2.75, 3.05) is 26.2 Å². The standard InChI is InChI=1S/C16H30N2O/c1-3-10-18(12-14-7-5-9-17-11-14)16(19)15-8-4-6-13(15)2/h13-15,17H,3-12H2,1-2H3. The third-order valence-corrected chi connectivity index (χ3v) is 4.86. The maximum Gasteiger partial charge on any atom is 0.225 e. The van der Waals surface area contributed by atoms with E-state index in [1.54, 1.807) is 0 Å². The number of nitrogens with zero attached hydrogens (tertiary/aromatic N) is 1. The Morgan fingerprint density at radius 2 is 2.11 bits per heavy atom. The number of carbonyl (C=O) groups excluding carboxylic acids is 1. The number of hydrogen-bond donors (Lipinski definition) is 1. The van der Waals surface area contributed by atoms with Crippen LogP contribution in [0.1, 0.15) is 52.4 Å². The zero-order valence-electron chi connectivity index (χ0n) is 12.7. The molecule has 1 saturated heterocycles. The van der Waals surface area contributed by atoms with Gasteiger partial charge in [0.1, 0.15) is 0 Å². The molecule has 1 N–H and O–H groups in total. The summed E-state index contributed by atoms with van der Waals surface area (Å²) in [6, 6.07) is 0. The molecule has 0 aromatic carbocycles. The normalized spacial score (nSPS) is 31.4. The summed E-state index contributed by atoms with van der Waals surface area (Å²) < 4.78 is 0. The molecule has 1 heterocycles. The van der Waals surface area contributed by atoms with Gasteiger partial charge in [-0.15, -0.1) is 0 Å². The van der Waals surface area contributed by atoms with E-state index in [1.807, 2.05) is 0 Å². The third kappa shape index (κ3) is 3.95. The maximum atomic E-state index is 12.7. The molecule has 1 aliphatic carbocycles. The van der Waals surface area contributed by atoms with Gasteiger partial charge >= 0.3 is 0 Å². The Hall–Kier alpha value is -0.570. The smallest absolute Gasteiger partial charge is 0.225 e. The molecule has 0 aromatic heterocycles. The minimum Gasteiger partial charge on any atom is -0.342 e. The minimum absolute atomic E-state index is 0.308. The Labute approximate surface area is 118 Å². The fraction of sp³-hybridized carbons (Fsp3) is 0.938. The lowest BCUT2D eigenvalue weighted by Crippen LogP contribution is -2.44. The van der Waals surface area contributed by atoms with Crippen molar-refractivity contribution in [2.24, 2.45) is 17.8 Å². The number of hydrogen-bond acceptors (Lipinski definition) is 2. The summed E-state index contributed by atoms with van der Waals surface area (Å²) >= 11 is 0. The highest BCUT2D eigenvalue weighted by Gasteiger charge is 2.33.